The van der Waals surface area contributed by atoms with Gasteiger partial charge < -0.3 is 20.1 Å². The fourth-order valence-electron chi connectivity index (χ4n) is 3.51. The van der Waals surface area contributed by atoms with Crippen LogP contribution in [0.1, 0.15) is 32.4 Å². The summed E-state index contributed by atoms with van der Waals surface area (Å²) in [5.41, 5.74) is -0.690. The van der Waals surface area contributed by atoms with Gasteiger partial charge in [-0.15, -0.1) is 5.10 Å². The first kappa shape index (κ1) is 16.4. The van der Waals surface area contributed by atoms with Crippen molar-refractivity contribution in [3.8, 4) is 0 Å². The highest BCUT2D eigenvalue weighted by atomic mass is 16.5. The monoisotopic (exact) mass is 311 g/mol. The molecule has 2 heterocycles. The van der Waals surface area contributed by atoms with Crippen molar-refractivity contribution < 1.29 is 24.3 Å². The van der Waals surface area contributed by atoms with Gasteiger partial charge >= 0.3 is 11.9 Å². The van der Waals surface area contributed by atoms with Crippen LogP contribution >= 0.6 is 0 Å². The van der Waals surface area contributed by atoms with Crippen LogP contribution in [0.25, 0.3) is 0 Å². The van der Waals surface area contributed by atoms with Crippen LogP contribution in [0.3, 0.4) is 0 Å². The fraction of sp³-hybridized carbons (Fsp3) is 0.714. The molecule has 1 aliphatic rings. The number of nitrogens with one attached hydrogen (secondary N) is 1. The average Bonchev–Trinajstić information content (AvgIpc) is 2.98. The van der Waals surface area contributed by atoms with Gasteiger partial charge in [0, 0.05) is 10.7 Å². The van der Waals surface area contributed by atoms with Crippen molar-refractivity contribution in [1.82, 2.24) is 15.7 Å². The molecule has 0 radical (unpaired) electrons. The van der Waals surface area contributed by atoms with E-state index in [1.165, 1.54) is 6.20 Å². The molecule has 2 unspecified atom stereocenters. The van der Waals surface area contributed by atoms with Crippen molar-refractivity contribution in [3.05, 3.63) is 12.0 Å². The van der Waals surface area contributed by atoms with Gasteiger partial charge in [-0.05, 0) is 37.8 Å². The molecule has 122 valence electrons. The molecule has 0 amide bonds. The standard InChI is InChI=1S/C14H21N3O5/c1-8(2)10-6-15-4-3-14(10,11-7-16-17-22-11)5-9(12(18)19)13(20)21/h7-10,15H,3-6H2,1-2H3,(H,18,19)(H,20,21). The van der Waals surface area contributed by atoms with E-state index in [-0.39, 0.29) is 18.3 Å². The average molecular weight is 311 g/mol. The normalized spacial score (nSPS) is 25.5. The van der Waals surface area contributed by atoms with Crippen LogP contribution in [0.2, 0.25) is 0 Å². The molecule has 3 N–H and O–H groups in total. The highest BCUT2D eigenvalue weighted by Crippen LogP contribution is 2.45. The predicted molar refractivity (Wildman–Crippen MR) is 75.2 cm³/mol. The molecule has 1 fully saturated rings. The van der Waals surface area contributed by atoms with Gasteiger partial charge in [0.1, 0.15) is 0 Å². The lowest BCUT2D eigenvalue weighted by Gasteiger charge is -2.45. The van der Waals surface area contributed by atoms with E-state index in [1.807, 2.05) is 13.8 Å². The summed E-state index contributed by atoms with van der Waals surface area (Å²) in [6, 6.07) is 0. The number of aromatic nitrogens is 2. The molecule has 0 aliphatic carbocycles. The van der Waals surface area contributed by atoms with Crippen molar-refractivity contribution >= 4 is 11.9 Å². The van der Waals surface area contributed by atoms with Gasteiger partial charge in [-0.25, -0.2) is 0 Å². The number of hydrogen-bond acceptors (Lipinski definition) is 6. The topological polar surface area (TPSA) is 126 Å². The Bertz CT molecular complexity index is 517. The molecule has 8 heteroatoms. The minimum atomic E-state index is -1.48. The van der Waals surface area contributed by atoms with E-state index < -0.39 is 23.3 Å². The largest absolute Gasteiger partial charge is 0.481 e. The number of aliphatic carboxylic acids is 2. The van der Waals surface area contributed by atoms with E-state index >= 15 is 0 Å². The Balaban J connectivity index is 2.45. The van der Waals surface area contributed by atoms with E-state index in [1.54, 1.807) is 0 Å². The molecule has 22 heavy (non-hydrogen) atoms. The number of nitrogens with zero attached hydrogens (tertiary/aromatic N) is 2. The summed E-state index contributed by atoms with van der Waals surface area (Å²) < 4.78 is 5.24. The summed E-state index contributed by atoms with van der Waals surface area (Å²) in [6.45, 7) is 5.40. The zero-order chi connectivity index (χ0) is 16.3. The van der Waals surface area contributed by atoms with Crippen LogP contribution < -0.4 is 5.32 Å². The summed E-state index contributed by atoms with van der Waals surface area (Å²) in [7, 11) is 0. The molecular formula is C14H21N3O5. The maximum atomic E-state index is 11.3. The van der Waals surface area contributed by atoms with Crippen molar-refractivity contribution in [2.24, 2.45) is 17.8 Å². The molecule has 1 saturated heterocycles. The molecule has 1 aromatic rings. The third-order valence-electron chi connectivity index (χ3n) is 4.64. The molecule has 1 aliphatic heterocycles. The molecule has 0 aromatic carbocycles. The highest BCUT2D eigenvalue weighted by Gasteiger charge is 2.50. The Labute approximate surface area is 127 Å². The highest BCUT2D eigenvalue weighted by molar-refractivity contribution is 5.93. The Kier molecular flexibility index (Phi) is 4.80. The minimum absolute atomic E-state index is 0.0287. The number of rotatable bonds is 6. The molecule has 2 rings (SSSR count). The van der Waals surface area contributed by atoms with Crippen molar-refractivity contribution in [3.63, 3.8) is 0 Å². The van der Waals surface area contributed by atoms with Crippen molar-refractivity contribution in [1.29, 1.82) is 0 Å². The molecule has 0 spiro atoms. The van der Waals surface area contributed by atoms with Gasteiger partial charge in [0.25, 0.3) is 0 Å². The summed E-state index contributed by atoms with van der Waals surface area (Å²) in [5, 5.41) is 29.0. The third-order valence-corrected chi connectivity index (χ3v) is 4.64. The smallest absolute Gasteiger partial charge is 0.317 e. The lowest BCUT2D eigenvalue weighted by molar-refractivity contribution is -0.156. The van der Waals surface area contributed by atoms with E-state index in [9.17, 15) is 19.8 Å². The summed E-state index contributed by atoms with van der Waals surface area (Å²) in [4.78, 5) is 22.7. The predicted octanol–water partition coefficient (Wildman–Crippen LogP) is 0.748. The second-order valence-electron chi connectivity index (χ2n) is 6.18. The van der Waals surface area contributed by atoms with Gasteiger partial charge in [0.05, 0.1) is 6.20 Å². The second kappa shape index (κ2) is 6.43. The molecular weight excluding hydrogens is 290 g/mol. The number of carboxylic acid groups (broad SMARTS) is 2. The zero-order valence-electron chi connectivity index (χ0n) is 12.7. The summed E-state index contributed by atoms with van der Waals surface area (Å²) in [6.07, 6.45) is 2.03. The van der Waals surface area contributed by atoms with E-state index in [0.29, 0.717) is 25.3 Å². The van der Waals surface area contributed by atoms with Crippen LogP contribution in [0.15, 0.2) is 10.7 Å². The number of piperidine rings is 1. The zero-order valence-corrected chi connectivity index (χ0v) is 12.7. The Morgan fingerprint density at radius 1 is 1.45 bits per heavy atom. The van der Waals surface area contributed by atoms with Crippen molar-refractivity contribution in [2.45, 2.75) is 32.1 Å². The van der Waals surface area contributed by atoms with Crippen LogP contribution in [0.5, 0.6) is 0 Å². The number of carboxylic acids is 2. The fourth-order valence-corrected chi connectivity index (χ4v) is 3.51. The van der Waals surface area contributed by atoms with Gasteiger partial charge in [-0.3, -0.25) is 9.59 Å². The van der Waals surface area contributed by atoms with Gasteiger partial charge in [-0.2, -0.15) is 0 Å². The molecule has 8 nitrogen and oxygen atoms in total. The first-order valence-electron chi connectivity index (χ1n) is 7.32. The van der Waals surface area contributed by atoms with Gasteiger partial charge in [0.2, 0.25) is 0 Å². The molecule has 1 aromatic heterocycles. The van der Waals surface area contributed by atoms with Crippen LogP contribution in [0.4, 0.5) is 0 Å². The number of hydrogen-bond donors (Lipinski definition) is 3. The Morgan fingerprint density at radius 3 is 2.64 bits per heavy atom. The van der Waals surface area contributed by atoms with Crippen LogP contribution in [-0.4, -0.2) is 45.6 Å². The van der Waals surface area contributed by atoms with Gasteiger partial charge in [-0.1, -0.05) is 13.8 Å². The van der Waals surface area contributed by atoms with E-state index in [4.69, 9.17) is 4.52 Å². The minimum Gasteiger partial charge on any atom is -0.481 e. The first-order valence-corrected chi connectivity index (χ1v) is 7.32. The third kappa shape index (κ3) is 2.96. The lowest BCUT2D eigenvalue weighted by atomic mass is 9.61. The quantitative estimate of drug-likeness (QED) is 0.657. The second-order valence-corrected chi connectivity index (χ2v) is 6.18. The maximum absolute atomic E-state index is 11.3. The molecule has 0 saturated carbocycles. The van der Waals surface area contributed by atoms with E-state index in [0.717, 1.165) is 0 Å². The molecule has 0 bridgehead atoms. The van der Waals surface area contributed by atoms with Crippen LogP contribution in [0, 0.1) is 17.8 Å². The van der Waals surface area contributed by atoms with Crippen LogP contribution in [-0.2, 0) is 15.0 Å². The summed E-state index contributed by atoms with van der Waals surface area (Å²) >= 11 is 0. The summed E-state index contributed by atoms with van der Waals surface area (Å²) in [5.74, 6) is -3.41. The van der Waals surface area contributed by atoms with E-state index in [2.05, 4.69) is 15.7 Å². The van der Waals surface area contributed by atoms with Gasteiger partial charge in [0.15, 0.2) is 11.7 Å². The maximum Gasteiger partial charge on any atom is 0.317 e. The Morgan fingerprint density at radius 2 is 2.14 bits per heavy atom. The SMILES string of the molecule is CC(C)C1CNCCC1(CC(C(=O)O)C(=O)O)c1cnno1. The Hall–Kier alpha value is -1.96. The first-order chi connectivity index (χ1) is 10.4. The number of carbonyl (C=O) groups is 2. The van der Waals surface area contributed by atoms with Crippen molar-refractivity contribution in [2.75, 3.05) is 13.1 Å². The lowest BCUT2D eigenvalue weighted by Crippen LogP contribution is -2.52. The molecule has 2 atom stereocenters.